The van der Waals surface area contributed by atoms with Crippen LogP contribution in [-0.4, -0.2) is 36.7 Å². The molecule has 6 rings (SSSR count). The highest BCUT2D eigenvalue weighted by atomic mass is 32.1. The summed E-state index contributed by atoms with van der Waals surface area (Å²) < 4.78 is 0. The van der Waals surface area contributed by atoms with Gasteiger partial charge < -0.3 is 10.3 Å². The van der Waals surface area contributed by atoms with E-state index in [0.717, 1.165) is 68.8 Å². The second kappa shape index (κ2) is 8.23. The Kier molecular flexibility index (Phi) is 4.93. The van der Waals surface area contributed by atoms with Crippen molar-refractivity contribution in [1.82, 2.24) is 35.5 Å². The number of H-pyrrole nitrogens is 2. The van der Waals surface area contributed by atoms with E-state index >= 15 is 0 Å². The Morgan fingerprint density at radius 2 is 1.97 bits per heavy atom. The number of nitrogens with zero attached hydrogens (tertiary/aromatic N) is 4. The van der Waals surface area contributed by atoms with Crippen molar-refractivity contribution in [2.75, 3.05) is 6.54 Å². The zero-order chi connectivity index (χ0) is 22.2. The molecule has 0 aliphatic rings. The number of pyridine rings is 3. The number of aromatic amines is 2. The highest BCUT2D eigenvalue weighted by Crippen LogP contribution is 2.34. The van der Waals surface area contributed by atoms with Crippen molar-refractivity contribution in [3.63, 3.8) is 0 Å². The van der Waals surface area contributed by atoms with Crippen LogP contribution in [0.4, 0.5) is 0 Å². The van der Waals surface area contributed by atoms with Gasteiger partial charge in [0.15, 0.2) is 0 Å². The monoisotopic (exact) mass is 451 g/mol. The van der Waals surface area contributed by atoms with Crippen LogP contribution in [0.3, 0.4) is 0 Å². The molecule has 8 heteroatoms. The zero-order valence-electron chi connectivity index (χ0n) is 18.0. The van der Waals surface area contributed by atoms with Crippen molar-refractivity contribution < 1.29 is 0 Å². The van der Waals surface area contributed by atoms with Gasteiger partial charge in [0.1, 0.15) is 11.3 Å². The number of nitrogens with one attached hydrogen (secondary N) is 3. The number of hydrogen-bond acceptors (Lipinski definition) is 6. The van der Waals surface area contributed by atoms with Gasteiger partial charge in [-0.05, 0) is 64.3 Å². The first-order valence-corrected chi connectivity index (χ1v) is 11.7. The van der Waals surface area contributed by atoms with Crippen molar-refractivity contribution in [2.45, 2.75) is 13.5 Å². The Balaban J connectivity index is 1.44. The fourth-order valence-corrected chi connectivity index (χ4v) is 4.75. The van der Waals surface area contributed by atoms with Gasteiger partial charge >= 0.3 is 0 Å². The fraction of sp³-hybridized carbons (Fsp3) is 0.120. The second-order valence-electron chi connectivity index (χ2n) is 7.87. The highest BCUT2D eigenvalue weighted by Gasteiger charge is 2.15. The standard InChI is InChI=1S/C25H21N7S/c1-2-26-10-15-7-17(12-27-11-15)21-9-20-23(13-29-21)31-32-24(20)22-8-19-18(16-4-6-33-14-16)3-5-28-25(19)30-22/h3-9,11-14,26H,2,10H2,1H3,(H,28,30)(H,31,32). The Morgan fingerprint density at radius 3 is 2.85 bits per heavy atom. The maximum atomic E-state index is 4.64. The van der Waals surface area contributed by atoms with Crippen LogP contribution in [0.5, 0.6) is 0 Å². The molecule has 0 unspecified atom stereocenters. The minimum absolute atomic E-state index is 0.783. The van der Waals surface area contributed by atoms with Gasteiger partial charge in [0.25, 0.3) is 0 Å². The first-order chi connectivity index (χ1) is 16.3. The van der Waals surface area contributed by atoms with Crippen molar-refractivity contribution in [1.29, 1.82) is 0 Å². The average Bonchev–Trinajstić information content (AvgIpc) is 3.61. The number of thiophene rings is 1. The molecule has 0 amide bonds. The second-order valence-corrected chi connectivity index (χ2v) is 8.65. The van der Waals surface area contributed by atoms with Crippen LogP contribution >= 0.6 is 11.3 Å². The van der Waals surface area contributed by atoms with E-state index in [9.17, 15) is 0 Å². The Morgan fingerprint density at radius 1 is 1.00 bits per heavy atom. The Hall–Kier alpha value is -3.88. The molecule has 0 bridgehead atoms. The molecule has 0 spiro atoms. The van der Waals surface area contributed by atoms with E-state index in [-0.39, 0.29) is 0 Å². The van der Waals surface area contributed by atoms with Crippen LogP contribution in [0.25, 0.3) is 55.7 Å². The van der Waals surface area contributed by atoms with Crippen molar-refractivity contribution in [3.8, 4) is 33.8 Å². The smallest absolute Gasteiger partial charge is 0.138 e. The summed E-state index contributed by atoms with van der Waals surface area (Å²) in [6.07, 6.45) is 7.41. The van der Waals surface area contributed by atoms with Gasteiger partial charge in [-0.1, -0.05) is 6.92 Å². The van der Waals surface area contributed by atoms with Gasteiger partial charge in [-0.3, -0.25) is 15.1 Å². The lowest BCUT2D eigenvalue weighted by Crippen LogP contribution is -2.11. The molecule has 0 saturated heterocycles. The van der Waals surface area contributed by atoms with E-state index < -0.39 is 0 Å². The maximum Gasteiger partial charge on any atom is 0.138 e. The summed E-state index contributed by atoms with van der Waals surface area (Å²) in [6, 6.07) is 10.5. The van der Waals surface area contributed by atoms with Crippen LogP contribution in [0.2, 0.25) is 0 Å². The van der Waals surface area contributed by atoms with Crippen LogP contribution in [-0.2, 0) is 6.54 Å². The van der Waals surface area contributed by atoms with Gasteiger partial charge in [0.2, 0.25) is 0 Å². The molecule has 0 saturated carbocycles. The Bertz CT molecular complexity index is 1560. The van der Waals surface area contributed by atoms with E-state index in [1.807, 2.05) is 24.8 Å². The molecule has 7 nitrogen and oxygen atoms in total. The molecule has 6 aromatic rings. The summed E-state index contributed by atoms with van der Waals surface area (Å²) in [5.74, 6) is 0. The van der Waals surface area contributed by atoms with E-state index in [1.54, 1.807) is 11.3 Å². The minimum Gasteiger partial charge on any atom is -0.338 e. The van der Waals surface area contributed by atoms with Crippen LogP contribution in [0.1, 0.15) is 12.5 Å². The molecule has 0 aliphatic heterocycles. The van der Waals surface area contributed by atoms with Gasteiger partial charge in [-0.25, -0.2) is 4.98 Å². The topological polar surface area (TPSA) is 95.2 Å². The van der Waals surface area contributed by atoms with E-state index in [0.29, 0.717) is 0 Å². The van der Waals surface area contributed by atoms with E-state index in [2.05, 4.69) is 83.5 Å². The van der Waals surface area contributed by atoms with Crippen LogP contribution < -0.4 is 5.32 Å². The zero-order valence-corrected chi connectivity index (χ0v) is 18.8. The third-order valence-corrected chi connectivity index (χ3v) is 6.42. The summed E-state index contributed by atoms with van der Waals surface area (Å²) in [5, 5.41) is 17.4. The quantitative estimate of drug-likeness (QED) is 0.315. The van der Waals surface area contributed by atoms with E-state index in [4.69, 9.17) is 0 Å². The molecule has 0 aliphatic carbocycles. The first kappa shape index (κ1) is 19.8. The number of rotatable bonds is 6. The van der Waals surface area contributed by atoms with Crippen molar-refractivity contribution in [3.05, 3.63) is 71.4 Å². The molecule has 0 aromatic carbocycles. The average molecular weight is 452 g/mol. The molecule has 162 valence electrons. The SMILES string of the molecule is CCNCc1cncc(-c2cc3c(-c4cc5c(-c6ccsc6)ccnc5[nH]4)n[nH]c3cn2)c1. The third-order valence-electron chi connectivity index (χ3n) is 5.74. The molecule has 6 aromatic heterocycles. The summed E-state index contributed by atoms with van der Waals surface area (Å²) in [7, 11) is 0. The summed E-state index contributed by atoms with van der Waals surface area (Å²) >= 11 is 1.69. The first-order valence-electron chi connectivity index (χ1n) is 10.8. The van der Waals surface area contributed by atoms with Gasteiger partial charge in [0.05, 0.1) is 23.1 Å². The lowest BCUT2D eigenvalue weighted by molar-refractivity contribution is 0.724. The number of aromatic nitrogens is 6. The lowest BCUT2D eigenvalue weighted by atomic mass is 10.1. The molecule has 3 N–H and O–H groups in total. The molecule has 0 radical (unpaired) electrons. The lowest BCUT2D eigenvalue weighted by Gasteiger charge is -2.05. The largest absolute Gasteiger partial charge is 0.338 e. The van der Waals surface area contributed by atoms with Gasteiger partial charge in [-0.2, -0.15) is 16.4 Å². The Labute approximate surface area is 194 Å². The summed E-state index contributed by atoms with van der Waals surface area (Å²) in [4.78, 5) is 17.0. The number of fused-ring (bicyclic) bond motifs is 2. The fourth-order valence-electron chi connectivity index (χ4n) is 4.10. The third kappa shape index (κ3) is 3.59. The molecular formula is C25H21N7S. The normalized spacial score (nSPS) is 11.5. The van der Waals surface area contributed by atoms with E-state index in [1.165, 1.54) is 5.56 Å². The predicted molar refractivity (Wildman–Crippen MR) is 133 cm³/mol. The van der Waals surface area contributed by atoms with Gasteiger partial charge in [0, 0.05) is 41.5 Å². The highest BCUT2D eigenvalue weighted by molar-refractivity contribution is 7.08. The van der Waals surface area contributed by atoms with Gasteiger partial charge in [-0.15, -0.1) is 0 Å². The molecule has 0 fully saturated rings. The molecule has 33 heavy (non-hydrogen) atoms. The molecule has 0 atom stereocenters. The summed E-state index contributed by atoms with van der Waals surface area (Å²) in [5.41, 5.74) is 8.83. The van der Waals surface area contributed by atoms with Crippen LogP contribution in [0, 0.1) is 0 Å². The van der Waals surface area contributed by atoms with Crippen molar-refractivity contribution in [2.24, 2.45) is 0 Å². The molecular weight excluding hydrogens is 430 g/mol. The number of hydrogen-bond donors (Lipinski definition) is 3. The maximum absolute atomic E-state index is 4.64. The minimum atomic E-state index is 0.783. The van der Waals surface area contributed by atoms with Crippen LogP contribution in [0.15, 0.2) is 65.9 Å². The molecule has 6 heterocycles. The summed E-state index contributed by atoms with van der Waals surface area (Å²) in [6.45, 7) is 3.79. The van der Waals surface area contributed by atoms with Crippen molar-refractivity contribution >= 4 is 33.3 Å². The predicted octanol–water partition coefficient (Wildman–Crippen LogP) is 5.40.